The molecule has 0 amide bonds. The Morgan fingerprint density at radius 2 is 2.00 bits per heavy atom. The maximum absolute atomic E-state index is 5.47. The number of aliphatic imine (C=N–C) groups is 1. The van der Waals surface area contributed by atoms with Gasteiger partial charge in [0.15, 0.2) is 5.96 Å². The van der Waals surface area contributed by atoms with Gasteiger partial charge in [-0.25, -0.2) is 0 Å². The van der Waals surface area contributed by atoms with Crippen LogP contribution in [-0.2, 0) is 9.47 Å². The summed E-state index contributed by atoms with van der Waals surface area (Å²) in [6, 6.07) is 0.599. The van der Waals surface area contributed by atoms with Gasteiger partial charge in [-0.05, 0) is 39.3 Å². The summed E-state index contributed by atoms with van der Waals surface area (Å²) in [7, 11) is 1.69. The van der Waals surface area contributed by atoms with Crippen molar-refractivity contribution in [3.05, 3.63) is 0 Å². The van der Waals surface area contributed by atoms with Crippen LogP contribution in [-0.4, -0.2) is 76.6 Å². The third kappa shape index (κ3) is 10.7. The summed E-state index contributed by atoms with van der Waals surface area (Å²) in [6.07, 6.45) is 4.90. The monoisotopic (exact) mass is 456 g/mol. The van der Waals surface area contributed by atoms with Crippen LogP contribution in [0.15, 0.2) is 4.99 Å². The highest BCUT2D eigenvalue weighted by molar-refractivity contribution is 14.0. The Labute approximate surface area is 165 Å². The molecule has 0 bridgehead atoms. The van der Waals surface area contributed by atoms with Crippen LogP contribution in [0.4, 0.5) is 0 Å². The molecule has 2 N–H and O–H groups in total. The molecule has 1 unspecified atom stereocenters. The summed E-state index contributed by atoms with van der Waals surface area (Å²) in [5.74, 6) is 0.922. The summed E-state index contributed by atoms with van der Waals surface area (Å²) in [6.45, 7) is 11.4. The number of guanidine groups is 1. The fourth-order valence-corrected chi connectivity index (χ4v) is 2.85. The molecule has 1 rings (SSSR count). The largest absolute Gasteiger partial charge is 0.382 e. The van der Waals surface area contributed by atoms with Gasteiger partial charge in [0.1, 0.15) is 0 Å². The van der Waals surface area contributed by atoms with Crippen molar-refractivity contribution in [2.75, 3.05) is 59.7 Å². The van der Waals surface area contributed by atoms with E-state index in [0.29, 0.717) is 19.3 Å². The lowest BCUT2D eigenvalue weighted by Crippen LogP contribution is -2.43. The second-order valence-corrected chi connectivity index (χ2v) is 5.88. The minimum Gasteiger partial charge on any atom is -0.382 e. The quantitative estimate of drug-likeness (QED) is 0.216. The van der Waals surface area contributed by atoms with Crippen LogP contribution in [0.25, 0.3) is 0 Å². The SMILES string of the molecule is CCNC(=NCC1CCCCN1CC)NCCCOCCOC.I. The second-order valence-electron chi connectivity index (χ2n) is 5.88. The second kappa shape index (κ2) is 16.4. The number of rotatable bonds is 11. The fourth-order valence-electron chi connectivity index (χ4n) is 2.85. The standard InChI is InChI=1S/C17H36N4O2.HI/c1-4-18-17(19-10-8-12-23-14-13-22-3)20-15-16-9-6-7-11-21(16)5-2;/h16H,4-15H2,1-3H3,(H2,18,19,20);1H. The van der Waals surface area contributed by atoms with Crippen molar-refractivity contribution >= 4 is 29.9 Å². The number of piperidine rings is 1. The van der Waals surface area contributed by atoms with Gasteiger partial charge in [-0.1, -0.05) is 13.3 Å². The van der Waals surface area contributed by atoms with Crippen LogP contribution in [0.2, 0.25) is 0 Å². The molecular formula is C17H37IN4O2. The molecule has 24 heavy (non-hydrogen) atoms. The average molecular weight is 456 g/mol. The van der Waals surface area contributed by atoms with E-state index in [4.69, 9.17) is 14.5 Å². The van der Waals surface area contributed by atoms with E-state index in [9.17, 15) is 0 Å². The molecule has 1 saturated heterocycles. The van der Waals surface area contributed by atoms with Gasteiger partial charge in [0.2, 0.25) is 0 Å². The summed E-state index contributed by atoms with van der Waals surface area (Å²) in [5, 5.41) is 6.72. The van der Waals surface area contributed by atoms with Crippen LogP contribution in [0.1, 0.15) is 39.5 Å². The molecule has 144 valence electrons. The maximum atomic E-state index is 5.47. The van der Waals surface area contributed by atoms with Gasteiger partial charge in [0.25, 0.3) is 0 Å². The van der Waals surface area contributed by atoms with Crippen LogP contribution in [0.5, 0.6) is 0 Å². The zero-order valence-corrected chi connectivity index (χ0v) is 18.0. The third-order valence-corrected chi connectivity index (χ3v) is 4.15. The van der Waals surface area contributed by atoms with E-state index < -0.39 is 0 Å². The average Bonchev–Trinajstić information content (AvgIpc) is 2.59. The first-order chi connectivity index (χ1) is 11.3. The molecule has 0 aliphatic carbocycles. The predicted molar refractivity (Wildman–Crippen MR) is 112 cm³/mol. The summed E-state index contributed by atoms with van der Waals surface area (Å²) < 4.78 is 10.4. The Hall–Kier alpha value is -0.120. The third-order valence-electron chi connectivity index (χ3n) is 4.15. The lowest BCUT2D eigenvalue weighted by Gasteiger charge is -2.33. The zero-order valence-electron chi connectivity index (χ0n) is 15.7. The number of hydrogen-bond acceptors (Lipinski definition) is 4. The van der Waals surface area contributed by atoms with E-state index in [2.05, 4.69) is 29.4 Å². The number of likely N-dealkylation sites (tertiary alicyclic amines) is 1. The van der Waals surface area contributed by atoms with Crippen molar-refractivity contribution in [3.63, 3.8) is 0 Å². The normalized spacial score (nSPS) is 19.0. The van der Waals surface area contributed by atoms with Crippen LogP contribution >= 0.6 is 24.0 Å². The first kappa shape index (κ1) is 23.9. The van der Waals surface area contributed by atoms with Gasteiger partial charge in [-0.3, -0.25) is 9.89 Å². The van der Waals surface area contributed by atoms with E-state index in [1.54, 1.807) is 7.11 Å². The molecule has 1 heterocycles. The van der Waals surface area contributed by atoms with Crippen molar-refractivity contribution in [3.8, 4) is 0 Å². The number of methoxy groups -OCH3 is 1. The topological polar surface area (TPSA) is 58.1 Å². The van der Waals surface area contributed by atoms with Crippen LogP contribution in [0.3, 0.4) is 0 Å². The molecular weight excluding hydrogens is 419 g/mol. The molecule has 1 aliphatic rings. The molecule has 0 aromatic rings. The fraction of sp³-hybridized carbons (Fsp3) is 0.941. The Morgan fingerprint density at radius 3 is 2.71 bits per heavy atom. The van der Waals surface area contributed by atoms with Crippen molar-refractivity contribution < 1.29 is 9.47 Å². The highest BCUT2D eigenvalue weighted by Gasteiger charge is 2.20. The summed E-state index contributed by atoms with van der Waals surface area (Å²) in [4.78, 5) is 7.33. The van der Waals surface area contributed by atoms with Gasteiger partial charge in [0.05, 0.1) is 19.8 Å². The van der Waals surface area contributed by atoms with Crippen molar-refractivity contribution in [2.45, 2.75) is 45.6 Å². The highest BCUT2D eigenvalue weighted by Crippen LogP contribution is 2.16. The molecule has 6 nitrogen and oxygen atoms in total. The highest BCUT2D eigenvalue weighted by atomic mass is 127. The van der Waals surface area contributed by atoms with E-state index in [1.807, 2.05) is 0 Å². The van der Waals surface area contributed by atoms with Crippen molar-refractivity contribution in [1.29, 1.82) is 0 Å². The zero-order chi connectivity index (χ0) is 16.8. The van der Waals surface area contributed by atoms with E-state index in [-0.39, 0.29) is 24.0 Å². The Morgan fingerprint density at radius 1 is 1.17 bits per heavy atom. The molecule has 1 atom stereocenters. The molecule has 0 saturated carbocycles. The first-order valence-electron chi connectivity index (χ1n) is 9.14. The van der Waals surface area contributed by atoms with Gasteiger partial charge < -0.3 is 20.1 Å². The van der Waals surface area contributed by atoms with E-state index in [0.717, 1.165) is 45.2 Å². The van der Waals surface area contributed by atoms with Crippen molar-refractivity contribution in [2.24, 2.45) is 4.99 Å². The number of nitrogens with one attached hydrogen (secondary N) is 2. The molecule has 1 fully saturated rings. The van der Waals surface area contributed by atoms with E-state index >= 15 is 0 Å². The molecule has 0 aromatic carbocycles. The molecule has 1 aliphatic heterocycles. The van der Waals surface area contributed by atoms with Crippen LogP contribution in [0, 0.1) is 0 Å². The number of ether oxygens (including phenoxy) is 2. The number of halogens is 1. The predicted octanol–water partition coefficient (Wildman–Crippen LogP) is 2.09. The number of nitrogens with zero attached hydrogens (tertiary/aromatic N) is 2. The molecule has 0 spiro atoms. The van der Waals surface area contributed by atoms with Crippen molar-refractivity contribution in [1.82, 2.24) is 15.5 Å². The molecule has 0 aromatic heterocycles. The maximum Gasteiger partial charge on any atom is 0.191 e. The van der Waals surface area contributed by atoms with Crippen LogP contribution < -0.4 is 10.6 Å². The minimum atomic E-state index is 0. The smallest absolute Gasteiger partial charge is 0.191 e. The Kier molecular flexibility index (Phi) is 16.3. The van der Waals surface area contributed by atoms with Gasteiger partial charge in [-0.15, -0.1) is 24.0 Å². The molecule has 7 heteroatoms. The lowest BCUT2D eigenvalue weighted by atomic mass is 10.0. The van der Waals surface area contributed by atoms with Gasteiger partial charge in [-0.2, -0.15) is 0 Å². The Bertz CT molecular complexity index is 319. The number of likely N-dealkylation sites (N-methyl/N-ethyl adjacent to an activating group) is 1. The lowest BCUT2D eigenvalue weighted by molar-refractivity contribution is 0.0698. The van der Waals surface area contributed by atoms with Gasteiger partial charge in [0, 0.05) is 32.8 Å². The molecule has 0 radical (unpaired) electrons. The van der Waals surface area contributed by atoms with E-state index in [1.165, 1.54) is 25.8 Å². The Balaban J connectivity index is 0.00000529. The summed E-state index contributed by atoms with van der Waals surface area (Å²) >= 11 is 0. The summed E-state index contributed by atoms with van der Waals surface area (Å²) in [5.41, 5.74) is 0. The van der Waals surface area contributed by atoms with Gasteiger partial charge >= 0.3 is 0 Å². The number of hydrogen-bond donors (Lipinski definition) is 2. The first-order valence-corrected chi connectivity index (χ1v) is 9.14. The minimum absolute atomic E-state index is 0.